The van der Waals surface area contributed by atoms with E-state index in [9.17, 15) is 20.2 Å². The van der Waals surface area contributed by atoms with Gasteiger partial charge in [-0.2, -0.15) is 5.26 Å². The number of hydrogen-bond donors (Lipinski definition) is 1. The fraction of sp³-hybridized carbons (Fsp3) is 0.125. The van der Waals surface area contributed by atoms with Crippen LogP contribution in [0.1, 0.15) is 11.1 Å². The number of amides is 1. The molecular weight excluding hydrogens is 366 g/mol. The van der Waals surface area contributed by atoms with Crippen LogP contribution in [0.5, 0.6) is 5.75 Å². The fourth-order valence-electron chi connectivity index (χ4n) is 1.95. The number of thiophene rings is 1. The van der Waals surface area contributed by atoms with Crippen LogP contribution in [0.4, 0.5) is 10.7 Å². The van der Waals surface area contributed by atoms with Gasteiger partial charge in [0.2, 0.25) is 0 Å². The molecule has 1 aromatic heterocycles. The van der Waals surface area contributed by atoms with Gasteiger partial charge in [-0.1, -0.05) is 22.9 Å². The van der Waals surface area contributed by atoms with Crippen molar-refractivity contribution in [1.29, 1.82) is 5.26 Å². The summed E-state index contributed by atoms with van der Waals surface area (Å²) in [5.74, 6) is -0.302. The number of halogens is 1. The third kappa shape index (κ3) is 4.35. The highest BCUT2D eigenvalue weighted by atomic mass is 35.5. The molecule has 25 heavy (non-hydrogen) atoms. The molecule has 0 radical (unpaired) electrons. The summed E-state index contributed by atoms with van der Waals surface area (Å²) in [7, 11) is 1.43. The Morgan fingerprint density at radius 1 is 1.48 bits per heavy atom. The molecule has 0 aliphatic carbocycles. The van der Waals surface area contributed by atoms with Gasteiger partial charge in [0.25, 0.3) is 5.91 Å². The number of methoxy groups -OCH3 is 1. The van der Waals surface area contributed by atoms with Crippen molar-refractivity contribution in [3.8, 4) is 11.8 Å². The highest BCUT2D eigenvalue weighted by molar-refractivity contribution is 7.13. The van der Waals surface area contributed by atoms with Crippen molar-refractivity contribution in [2.45, 2.75) is 6.92 Å². The maximum atomic E-state index is 12.3. The lowest BCUT2D eigenvalue weighted by Crippen LogP contribution is -2.14. The van der Waals surface area contributed by atoms with Crippen molar-refractivity contribution in [2.75, 3.05) is 12.4 Å². The SMILES string of the molecule is COc1cc(Cl)c(C)cc1NC(=O)/C(C#N)=C/c1csc([N+](=O)[O-])c1. The van der Waals surface area contributed by atoms with E-state index in [0.29, 0.717) is 22.0 Å². The van der Waals surface area contributed by atoms with Crippen LogP contribution in [0.15, 0.2) is 29.2 Å². The molecule has 2 rings (SSSR count). The van der Waals surface area contributed by atoms with Gasteiger partial charge in [0.1, 0.15) is 17.4 Å². The molecule has 9 heteroatoms. The largest absolute Gasteiger partial charge is 0.495 e. The molecule has 7 nitrogen and oxygen atoms in total. The first-order chi connectivity index (χ1) is 11.8. The highest BCUT2D eigenvalue weighted by Gasteiger charge is 2.15. The monoisotopic (exact) mass is 377 g/mol. The number of carbonyl (C=O) groups excluding carboxylic acids is 1. The zero-order valence-corrected chi connectivity index (χ0v) is 14.8. The van der Waals surface area contributed by atoms with E-state index < -0.39 is 10.8 Å². The number of carbonyl (C=O) groups is 1. The van der Waals surface area contributed by atoms with Gasteiger partial charge in [-0.3, -0.25) is 14.9 Å². The van der Waals surface area contributed by atoms with E-state index in [1.165, 1.54) is 24.6 Å². The zero-order chi connectivity index (χ0) is 18.6. The van der Waals surface area contributed by atoms with Gasteiger partial charge < -0.3 is 10.1 Å². The Hall–Kier alpha value is -2.89. The Balaban J connectivity index is 2.29. The summed E-state index contributed by atoms with van der Waals surface area (Å²) in [6.07, 6.45) is 1.29. The number of hydrogen-bond acceptors (Lipinski definition) is 6. The average molecular weight is 378 g/mol. The van der Waals surface area contributed by atoms with Crippen LogP contribution in [0, 0.1) is 28.4 Å². The maximum absolute atomic E-state index is 12.3. The number of nitrogens with zero attached hydrogens (tertiary/aromatic N) is 2. The summed E-state index contributed by atoms with van der Waals surface area (Å²) < 4.78 is 5.17. The van der Waals surface area contributed by atoms with E-state index in [1.54, 1.807) is 25.1 Å². The quantitative estimate of drug-likeness (QED) is 0.364. The normalized spacial score (nSPS) is 10.9. The smallest absolute Gasteiger partial charge is 0.324 e. The molecule has 0 aliphatic rings. The van der Waals surface area contributed by atoms with Crippen LogP contribution in [0.2, 0.25) is 5.02 Å². The number of rotatable bonds is 5. The number of nitrogens with one attached hydrogen (secondary N) is 1. The molecule has 1 aromatic carbocycles. The molecule has 0 bridgehead atoms. The Morgan fingerprint density at radius 3 is 2.76 bits per heavy atom. The van der Waals surface area contributed by atoms with Gasteiger partial charge >= 0.3 is 5.00 Å². The van der Waals surface area contributed by atoms with Gasteiger partial charge in [0, 0.05) is 22.5 Å². The third-order valence-corrected chi connectivity index (χ3v) is 4.50. The van der Waals surface area contributed by atoms with E-state index >= 15 is 0 Å². The van der Waals surface area contributed by atoms with Crippen LogP contribution in [0.25, 0.3) is 6.08 Å². The molecule has 0 unspecified atom stereocenters. The molecule has 0 saturated heterocycles. The van der Waals surface area contributed by atoms with Gasteiger partial charge in [-0.25, -0.2) is 0 Å². The number of nitro groups is 1. The first kappa shape index (κ1) is 18.4. The summed E-state index contributed by atoms with van der Waals surface area (Å²) in [5.41, 5.74) is 1.31. The molecule has 1 heterocycles. The maximum Gasteiger partial charge on any atom is 0.324 e. The summed E-state index contributed by atoms with van der Waals surface area (Å²) >= 11 is 6.93. The van der Waals surface area contributed by atoms with Crippen molar-refractivity contribution in [1.82, 2.24) is 0 Å². The topological polar surface area (TPSA) is 105 Å². The van der Waals surface area contributed by atoms with Gasteiger partial charge in [-0.15, -0.1) is 0 Å². The average Bonchev–Trinajstić information content (AvgIpc) is 3.04. The van der Waals surface area contributed by atoms with Gasteiger partial charge in [0.05, 0.1) is 17.7 Å². The van der Waals surface area contributed by atoms with E-state index in [4.69, 9.17) is 16.3 Å². The van der Waals surface area contributed by atoms with Crippen molar-refractivity contribution < 1.29 is 14.5 Å². The summed E-state index contributed by atoms with van der Waals surface area (Å²) in [4.78, 5) is 22.5. The summed E-state index contributed by atoms with van der Waals surface area (Å²) in [6, 6.07) is 6.27. The lowest BCUT2D eigenvalue weighted by molar-refractivity contribution is -0.380. The molecule has 0 atom stereocenters. The second kappa shape index (κ2) is 7.79. The minimum absolute atomic E-state index is 0.0704. The highest BCUT2D eigenvalue weighted by Crippen LogP contribution is 2.31. The molecule has 1 N–H and O–H groups in total. The molecule has 1 amide bonds. The van der Waals surface area contributed by atoms with Crippen molar-refractivity contribution >= 4 is 45.6 Å². The van der Waals surface area contributed by atoms with Crippen molar-refractivity contribution in [2.24, 2.45) is 0 Å². The van der Waals surface area contributed by atoms with E-state index in [0.717, 1.165) is 16.9 Å². The van der Waals surface area contributed by atoms with Crippen LogP contribution >= 0.6 is 22.9 Å². The Morgan fingerprint density at radius 2 is 2.20 bits per heavy atom. The van der Waals surface area contributed by atoms with Gasteiger partial charge in [0.15, 0.2) is 0 Å². The second-order valence-electron chi connectivity index (χ2n) is 4.90. The van der Waals surface area contributed by atoms with Crippen LogP contribution < -0.4 is 10.1 Å². The lowest BCUT2D eigenvalue weighted by atomic mass is 10.1. The summed E-state index contributed by atoms with van der Waals surface area (Å²) in [6.45, 7) is 1.77. The fourth-order valence-corrected chi connectivity index (χ4v) is 2.78. The Bertz CT molecular complexity index is 915. The van der Waals surface area contributed by atoms with Crippen LogP contribution in [-0.4, -0.2) is 17.9 Å². The van der Waals surface area contributed by atoms with E-state index in [1.807, 2.05) is 0 Å². The number of benzene rings is 1. The minimum Gasteiger partial charge on any atom is -0.495 e. The minimum atomic E-state index is -0.656. The first-order valence-corrected chi connectivity index (χ1v) is 8.11. The van der Waals surface area contributed by atoms with Crippen molar-refractivity contribution in [3.05, 3.63) is 55.4 Å². The molecular formula is C16H12ClN3O4S. The zero-order valence-electron chi connectivity index (χ0n) is 13.2. The number of nitriles is 1. The Kier molecular flexibility index (Phi) is 5.75. The number of aryl methyl sites for hydroxylation is 1. The summed E-state index contributed by atoms with van der Waals surface area (Å²) in [5, 5.41) is 24.4. The molecule has 0 saturated carbocycles. The first-order valence-electron chi connectivity index (χ1n) is 6.86. The standard InChI is InChI=1S/C16H12ClN3O4S/c1-9-3-13(14(24-2)6-12(9)17)19-16(21)11(7-18)4-10-5-15(20(22)23)25-8-10/h3-6,8H,1-2H3,(H,19,21)/b11-4+. The number of ether oxygens (including phenoxy) is 1. The number of anilines is 1. The van der Waals surface area contributed by atoms with Crippen LogP contribution in [0.3, 0.4) is 0 Å². The molecule has 2 aromatic rings. The molecule has 0 aliphatic heterocycles. The van der Waals surface area contributed by atoms with E-state index in [2.05, 4.69) is 5.32 Å². The Labute approximate surface area is 152 Å². The lowest BCUT2D eigenvalue weighted by Gasteiger charge is -2.11. The molecule has 0 fully saturated rings. The van der Waals surface area contributed by atoms with Crippen LogP contribution in [-0.2, 0) is 4.79 Å². The predicted molar refractivity (Wildman–Crippen MR) is 95.9 cm³/mol. The molecule has 0 spiro atoms. The van der Waals surface area contributed by atoms with Gasteiger partial charge in [-0.05, 0) is 30.2 Å². The third-order valence-electron chi connectivity index (χ3n) is 3.19. The molecule has 128 valence electrons. The van der Waals surface area contributed by atoms with E-state index in [-0.39, 0.29) is 10.6 Å². The second-order valence-corrected chi connectivity index (χ2v) is 6.20. The van der Waals surface area contributed by atoms with Crippen molar-refractivity contribution in [3.63, 3.8) is 0 Å². The predicted octanol–water partition coefficient (Wildman–Crippen LogP) is 4.17.